The number of thiophene rings is 1. The van der Waals surface area contributed by atoms with E-state index in [4.69, 9.17) is 10.3 Å². The Kier molecular flexibility index (Phi) is 1.81. The van der Waals surface area contributed by atoms with Crippen LogP contribution in [0.3, 0.4) is 0 Å². The van der Waals surface area contributed by atoms with Crippen molar-refractivity contribution in [2.75, 3.05) is 5.73 Å². The van der Waals surface area contributed by atoms with E-state index in [0.717, 1.165) is 5.56 Å². The molecule has 0 aliphatic carbocycles. The number of nitrogen functional groups attached to an aromatic ring is 1. The second kappa shape index (κ2) is 2.85. The van der Waals surface area contributed by atoms with E-state index in [2.05, 4.69) is 17.1 Å². The molecule has 68 valence electrons. The van der Waals surface area contributed by atoms with Gasteiger partial charge in [-0.1, -0.05) is 0 Å². The van der Waals surface area contributed by atoms with Crippen molar-refractivity contribution in [3.05, 3.63) is 15.8 Å². The molecule has 0 spiro atoms. The van der Waals surface area contributed by atoms with Gasteiger partial charge in [-0.2, -0.15) is 4.98 Å². The van der Waals surface area contributed by atoms with Gasteiger partial charge in [0, 0.05) is 10.3 Å². The van der Waals surface area contributed by atoms with E-state index in [-0.39, 0.29) is 5.95 Å². The summed E-state index contributed by atoms with van der Waals surface area (Å²) in [6, 6.07) is 0. The van der Waals surface area contributed by atoms with Crippen molar-refractivity contribution >= 4 is 17.3 Å². The summed E-state index contributed by atoms with van der Waals surface area (Å²) in [4.78, 5) is 5.22. The molecule has 0 atom stereocenters. The van der Waals surface area contributed by atoms with Crippen LogP contribution in [0.5, 0.6) is 0 Å². The molecule has 0 amide bonds. The van der Waals surface area contributed by atoms with Crippen LogP contribution in [0.1, 0.15) is 10.4 Å². The van der Waals surface area contributed by atoms with Crippen LogP contribution >= 0.6 is 11.3 Å². The molecular formula is C8H9N3OS. The highest BCUT2D eigenvalue weighted by Crippen LogP contribution is 2.29. The first-order valence-electron chi connectivity index (χ1n) is 3.82. The molecule has 0 aliphatic heterocycles. The summed E-state index contributed by atoms with van der Waals surface area (Å²) >= 11 is 1.67. The third-order valence-electron chi connectivity index (χ3n) is 1.96. The summed E-state index contributed by atoms with van der Waals surface area (Å²) in [5, 5.41) is 5.54. The molecule has 0 saturated carbocycles. The Balaban J connectivity index is 2.52. The van der Waals surface area contributed by atoms with Gasteiger partial charge in [0.1, 0.15) is 0 Å². The number of rotatable bonds is 1. The smallest absolute Gasteiger partial charge is 0.261 e. The Morgan fingerprint density at radius 3 is 2.69 bits per heavy atom. The van der Waals surface area contributed by atoms with Crippen LogP contribution in [-0.2, 0) is 0 Å². The molecule has 5 heteroatoms. The molecule has 0 aliphatic rings. The maximum absolute atomic E-state index is 5.36. The van der Waals surface area contributed by atoms with Gasteiger partial charge in [-0.05, 0) is 24.6 Å². The number of nitrogens with zero attached hydrogens (tertiary/aromatic N) is 2. The zero-order valence-corrected chi connectivity index (χ0v) is 8.18. The normalized spacial score (nSPS) is 10.6. The van der Waals surface area contributed by atoms with Crippen molar-refractivity contribution in [2.45, 2.75) is 13.8 Å². The first kappa shape index (κ1) is 8.25. The van der Waals surface area contributed by atoms with Gasteiger partial charge in [-0.25, -0.2) is 0 Å². The minimum atomic E-state index is 0.179. The first-order valence-corrected chi connectivity index (χ1v) is 4.70. The van der Waals surface area contributed by atoms with Gasteiger partial charge in [0.2, 0.25) is 0 Å². The fraction of sp³-hybridized carbons (Fsp3) is 0.250. The molecule has 2 heterocycles. The van der Waals surface area contributed by atoms with Crippen LogP contribution in [0.2, 0.25) is 0 Å². The average molecular weight is 195 g/mol. The molecule has 2 N–H and O–H groups in total. The number of aromatic nitrogens is 2. The Morgan fingerprint density at radius 2 is 2.23 bits per heavy atom. The Morgan fingerprint density at radius 1 is 1.46 bits per heavy atom. The number of hydrogen-bond donors (Lipinski definition) is 1. The van der Waals surface area contributed by atoms with E-state index in [1.165, 1.54) is 10.4 Å². The van der Waals surface area contributed by atoms with Gasteiger partial charge in [0.15, 0.2) is 0 Å². The molecule has 2 aromatic heterocycles. The summed E-state index contributed by atoms with van der Waals surface area (Å²) in [6.07, 6.45) is 0. The molecule has 0 saturated heterocycles. The lowest BCUT2D eigenvalue weighted by Gasteiger charge is -1.91. The van der Waals surface area contributed by atoms with Gasteiger partial charge in [0.05, 0.1) is 5.56 Å². The predicted molar refractivity (Wildman–Crippen MR) is 51.5 cm³/mol. The number of anilines is 1. The van der Waals surface area contributed by atoms with Crippen LogP contribution in [0, 0.1) is 13.8 Å². The summed E-state index contributed by atoms with van der Waals surface area (Å²) in [6.45, 7) is 4.09. The average Bonchev–Trinajstić information content (AvgIpc) is 2.62. The fourth-order valence-electron chi connectivity index (χ4n) is 1.07. The molecule has 0 aromatic carbocycles. The lowest BCUT2D eigenvalue weighted by Crippen LogP contribution is -1.85. The van der Waals surface area contributed by atoms with Crippen molar-refractivity contribution < 1.29 is 4.52 Å². The lowest BCUT2D eigenvalue weighted by molar-refractivity contribution is 0.433. The van der Waals surface area contributed by atoms with Crippen molar-refractivity contribution in [3.63, 3.8) is 0 Å². The molecule has 0 unspecified atom stereocenters. The van der Waals surface area contributed by atoms with Crippen LogP contribution in [-0.4, -0.2) is 10.1 Å². The Labute approximate surface area is 79.4 Å². The molecule has 2 rings (SSSR count). The fourth-order valence-corrected chi connectivity index (χ4v) is 1.93. The van der Waals surface area contributed by atoms with Gasteiger partial charge in [-0.15, -0.1) is 11.3 Å². The predicted octanol–water partition coefficient (Wildman–Crippen LogP) is 2.00. The maximum Gasteiger partial charge on any atom is 0.261 e. The molecule has 0 radical (unpaired) electrons. The standard InChI is InChI=1S/C8H9N3OS/c1-4-5(2)13-3-6(4)7-10-8(9)11-12-7/h3H,1-2H3,(H2,9,11). The van der Waals surface area contributed by atoms with Gasteiger partial charge in [0.25, 0.3) is 11.8 Å². The number of aryl methyl sites for hydroxylation is 1. The summed E-state index contributed by atoms with van der Waals surface area (Å²) in [5.74, 6) is 0.678. The van der Waals surface area contributed by atoms with Crippen LogP contribution in [0.4, 0.5) is 5.95 Å². The zero-order chi connectivity index (χ0) is 9.42. The topological polar surface area (TPSA) is 64.9 Å². The number of hydrogen-bond acceptors (Lipinski definition) is 5. The van der Waals surface area contributed by atoms with E-state index in [9.17, 15) is 0 Å². The molecule has 13 heavy (non-hydrogen) atoms. The molecule has 0 bridgehead atoms. The maximum atomic E-state index is 5.36. The molecule has 4 nitrogen and oxygen atoms in total. The highest BCUT2D eigenvalue weighted by atomic mass is 32.1. The second-order valence-corrected chi connectivity index (χ2v) is 3.87. The van der Waals surface area contributed by atoms with E-state index in [0.29, 0.717) is 5.89 Å². The summed E-state index contributed by atoms with van der Waals surface area (Å²) in [5.41, 5.74) is 7.51. The molecule has 2 aromatic rings. The van der Waals surface area contributed by atoms with Gasteiger partial charge < -0.3 is 10.3 Å². The SMILES string of the molecule is Cc1scc(-c2nc(N)no2)c1C. The highest BCUT2D eigenvalue weighted by Gasteiger charge is 2.12. The Bertz CT molecular complexity index is 432. The van der Waals surface area contributed by atoms with E-state index in [1.54, 1.807) is 11.3 Å². The Hall–Kier alpha value is -1.36. The van der Waals surface area contributed by atoms with Crippen LogP contribution in [0.15, 0.2) is 9.90 Å². The quantitative estimate of drug-likeness (QED) is 0.755. The highest BCUT2D eigenvalue weighted by molar-refractivity contribution is 7.10. The van der Waals surface area contributed by atoms with Crippen molar-refractivity contribution in [2.24, 2.45) is 0 Å². The van der Waals surface area contributed by atoms with Gasteiger partial charge >= 0.3 is 0 Å². The number of nitrogens with two attached hydrogens (primary N) is 1. The third-order valence-corrected chi connectivity index (χ3v) is 2.97. The second-order valence-electron chi connectivity index (χ2n) is 2.79. The summed E-state index contributed by atoms with van der Waals surface area (Å²) < 4.78 is 4.97. The third kappa shape index (κ3) is 1.31. The minimum Gasteiger partial charge on any atom is -0.365 e. The zero-order valence-electron chi connectivity index (χ0n) is 7.37. The van der Waals surface area contributed by atoms with Crippen molar-refractivity contribution in [3.8, 4) is 11.5 Å². The van der Waals surface area contributed by atoms with Gasteiger partial charge in [-0.3, -0.25) is 0 Å². The monoisotopic (exact) mass is 195 g/mol. The molecule has 0 fully saturated rings. The minimum absolute atomic E-state index is 0.179. The first-order chi connectivity index (χ1) is 6.18. The van der Waals surface area contributed by atoms with Crippen molar-refractivity contribution in [1.29, 1.82) is 0 Å². The van der Waals surface area contributed by atoms with E-state index < -0.39 is 0 Å². The van der Waals surface area contributed by atoms with E-state index >= 15 is 0 Å². The van der Waals surface area contributed by atoms with Crippen LogP contribution < -0.4 is 5.73 Å². The molecular weight excluding hydrogens is 186 g/mol. The van der Waals surface area contributed by atoms with Crippen molar-refractivity contribution in [1.82, 2.24) is 10.1 Å². The lowest BCUT2D eigenvalue weighted by atomic mass is 10.2. The summed E-state index contributed by atoms with van der Waals surface area (Å²) in [7, 11) is 0. The van der Waals surface area contributed by atoms with Crippen LogP contribution in [0.25, 0.3) is 11.5 Å². The van der Waals surface area contributed by atoms with E-state index in [1.807, 2.05) is 12.3 Å². The largest absolute Gasteiger partial charge is 0.365 e.